The maximum absolute atomic E-state index is 14.2. The third kappa shape index (κ3) is 3.60. The third-order valence-corrected chi connectivity index (χ3v) is 5.82. The Hall–Kier alpha value is -4.15. The first-order chi connectivity index (χ1) is 16.0. The largest absolute Gasteiger partial charge is 0.382 e. The number of aromatic nitrogens is 5. The second-order valence-corrected chi connectivity index (χ2v) is 7.89. The zero-order valence-corrected chi connectivity index (χ0v) is 17.4. The van der Waals surface area contributed by atoms with Gasteiger partial charge in [-0.25, -0.2) is 28.4 Å². The summed E-state index contributed by atoms with van der Waals surface area (Å²) in [7, 11) is 0. The maximum atomic E-state index is 14.2. The highest BCUT2D eigenvalue weighted by Crippen LogP contribution is 2.36. The predicted molar refractivity (Wildman–Crippen MR) is 119 cm³/mol. The molecule has 4 aromatic rings. The molecule has 0 unspecified atom stereocenters. The van der Waals surface area contributed by atoms with Gasteiger partial charge in [0.15, 0.2) is 23.1 Å². The number of carbonyl (C=O) groups is 1. The van der Waals surface area contributed by atoms with Gasteiger partial charge in [-0.3, -0.25) is 4.79 Å². The number of halogens is 2. The van der Waals surface area contributed by atoms with Crippen molar-refractivity contribution < 1.29 is 13.6 Å². The molecule has 1 fully saturated rings. The molecule has 5 rings (SSSR count). The van der Waals surface area contributed by atoms with Gasteiger partial charge in [-0.05, 0) is 31.4 Å². The highest BCUT2D eigenvalue weighted by atomic mass is 19.1. The molecule has 0 aliphatic heterocycles. The van der Waals surface area contributed by atoms with Crippen molar-refractivity contribution in [3.8, 4) is 11.5 Å². The van der Waals surface area contributed by atoms with Gasteiger partial charge in [0.25, 0.3) is 0 Å². The number of fused-ring (bicyclic) bond motifs is 1. The van der Waals surface area contributed by atoms with E-state index >= 15 is 0 Å². The van der Waals surface area contributed by atoms with Crippen LogP contribution in [-0.2, 0) is 11.3 Å². The molecule has 0 atom stereocenters. The quantitative estimate of drug-likeness (QED) is 0.432. The molecule has 3 heterocycles. The minimum absolute atomic E-state index is 0.000605. The lowest BCUT2D eigenvalue weighted by molar-refractivity contribution is -0.108. The lowest BCUT2D eigenvalue weighted by atomic mass is 9.91. The molecular weight excluding hydrogens is 430 g/mol. The Morgan fingerprint density at radius 3 is 2.52 bits per heavy atom. The van der Waals surface area contributed by atoms with Gasteiger partial charge < -0.3 is 16.4 Å². The Labute approximate surface area is 187 Å². The number of carbonyl (C=O) groups excluding carboxylic acids is 1. The fourth-order valence-electron chi connectivity index (χ4n) is 3.94. The number of amides is 1. The lowest BCUT2D eigenvalue weighted by Crippen LogP contribution is -2.40. The zero-order valence-electron chi connectivity index (χ0n) is 17.4. The second kappa shape index (κ2) is 8.08. The smallest absolute Gasteiger partial charge is 0.214 e. The minimum atomic E-state index is -0.580. The SMILES string of the molecule is Nc1nc(-c2nn(Cc3ccccc3F)c3ncc(F)cc23)nc(N)c1N(C=O)C1CCC1. The number of pyridine rings is 1. The van der Waals surface area contributed by atoms with Crippen molar-refractivity contribution in [2.24, 2.45) is 0 Å². The summed E-state index contributed by atoms with van der Waals surface area (Å²) in [5.74, 6) is -0.902. The van der Waals surface area contributed by atoms with Gasteiger partial charge in [0.05, 0.1) is 18.1 Å². The fourth-order valence-corrected chi connectivity index (χ4v) is 3.94. The average molecular weight is 450 g/mol. The van der Waals surface area contributed by atoms with Crippen LogP contribution in [0.25, 0.3) is 22.6 Å². The minimum Gasteiger partial charge on any atom is -0.382 e. The van der Waals surface area contributed by atoms with Crippen LogP contribution in [0.3, 0.4) is 0 Å². The Morgan fingerprint density at radius 1 is 1.15 bits per heavy atom. The molecule has 1 aliphatic carbocycles. The van der Waals surface area contributed by atoms with Gasteiger partial charge in [-0.1, -0.05) is 18.2 Å². The van der Waals surface area contributed by atoms with Crippen molar-refractivity contribution in [1.29, 1.82) is 0 Å². The van der Waals surface area contributed by atoms with Crippen LogP contribution >= 0.6 is 0 Å². The molecule has 1 amide bonds. The summed E-state index contributed by atoms with van der Waals surface area (Å²) in [5, 5.41) is 4.80. The molecule has 1 aliphatic rings. The Morgan fingerprint density at radius 2 is 1.88 bits per heavy atom. The Bertz CT molecular complexity index is 1350. The van der Waals surface area contributed by atoms with Crippen molar-refractivity contribution in [2.45, 2.75) is 31.8 Å². The summed E-state index contributed by atoms with van der Waals surface area (Å²) in [4.78, 5) is 25.9. The summed E-state index contributed by atoms with van der Waals surface area (Å²) in [5.41, 5.74) is 13.5. The molecule has 1 saturated carbocycles. The summed E-state index contributed by atoms with van der Waals surface area (Å²) >= 11 is 0. The molecule has 4 N–H and O–H groups in total. The molecule has 0 saturated heterocycles. The number of nitrogens with two attached hydrogens (primary N) is 2. The standard InChI is InChI=1S/C22H20F2N8O/c23-13-8-15-17(30-32(22(15)27-9-13)10-12-4-1-2-7-16(12)24)21-28-19(25)18(20(26)29-21)31(11-33)14-5-3-6-14/h1-2,4,7-9,11,14H,3,5-6,10H2,(H4,25,26,28,29). The van der Waals surface area contributed by atoms with E-state index in [1.165, 1.54) is 21.7 Å². The molecule has 11 heteroatoms. The number of hydrogen-bond acceptors (Lipinski definition) is 7. The monoisotopic (exact) mass is 450 g/mol. The van der Waals surface area contributed by atoms with Gasteiger partial charge >= 0.3 is 0 Å². The van der Waals surface area contributed by atoms with E-state index in [-0.39, 0.29) is 41.4 Å². The molecule has 9 nitrogen and oxygen atoms in total. The molecule has 1 aromatic carbocycles. The van der Waals surface area contributed by atoms with E-state index in [0.717, 1.165) is 25.5 Å². The topological polar surface area (TPSA) is 129 Å². The number of hydrogen-bond donors (Lipinski definition) is 2. The number of nitrogen functional groups attached to an aromatic ring is 2. The van der Waals surface area contributed by atoms with Crippen LogP contribution in [0.2, 0.25) is 0 Å². The van der Waals surface area contributed by atoms with Gasteiger partial charge in [0.1, 0.15) is 23.0 Å². The van der Waals surface area contributed by atoms with Crippen molar-refractivity contribution >= 4 is 34.8 Å². The van der Waals surface area contributed by atoms with Crippen LogP contribution in [-0.4, -0.2) is 37.2 Å². The van der Waals surface area contributed by atoms with Gasteiger partial charge in [-0.15, -0.1) is 0 Å². The summed E-state index contributed by atoms with van der Waals surface area (Å²) in [6.07, 6.45) is 4.42. The van der Waals surface area contributed by atoms with E-state index in [2.05, 4.69) is 20.1 Å². The predicted octanol–water partition coefficient (Wildman–Crippen LogP) is 2.89. The van der Waals surface area contributed by atoms with Crippen LogP contribution in [0, 0.1) is 11.6 Å². The van der Waals surface area contributed by atoms with Crippen molar-refractivity contribution in [3.63, 3.8) is 0 Å². The molecule has 0 spiro atoms. The van der Waals surface area contributed by atoms with Gasteiger partial charge in [0, 0.05) is 11.6 Å². The first kappa shape index (κ1) is 20.7. The van der Waals surface area contributed by atoms with Crippen molar-refractivity contribution in [2.75, 3.05) is 16.4 Å². The van der Waals surface area contributed by atoms with E-state index in [1.54, 1.807) is 18.2 Å². The molecule has 3 aromatic heterocycles. The molecule has 168 valence electrons. The third-order valence-electron chi connectivity index (χ3n) is 5.82. The first-order valence-corrected chi connectivity index (χ1v) is 10.4. The van der Waals surface area contributed by atoms with E-state index in [9.17, 15) is 13.6 Å². The number of benzene rings is 1. The number of anilines is 3. The molecular formula is C22H20F2N8O. The normalized spacial score (nSPS) is 13.8. The number of rotatable bonds is 6. The second-order valence-electron chi connectivity index (χ2n) is 7.89. The van der Waals surface area contributed by atoms with Crippen LogP contribution in [0.4, 0.5) is 26.1 Å². The van der Waals surface area contributed by atoms with Crippen molar-refractivity contribution in [3.05, 3.63) is 53.7 Å². The van der Waals surface area contributed by atoms with E-state index in [1.807, 2.05) is 0 Å². The van der Waals surface area contributed by atoms with E-state index < -0.39 is 11.6 Å². The summed E-state index contributed by atoms with van der Waals surface area (Å²) in [6, 6.07) is 7.52. The van der Waals surface area contributed by atoms with Gasteiger partial charge in [0.2, 0.25) is 6.41 Å². The zero-order chi connectivity index (χ0) is 23.1. The highest BCUT2D eigenvalue weighted by molar-refractivity contribution is 5.92. The van der Waals surface area contributed by atoms with Crippen LogP contribution in [0.15, 0.2) is 36.5 Å². The first-order valence-electron chi connectivity index (χ1n) is 10.4. The lowest BCUT2D eigenvalue weighted by Gasteiger charge is -2.35. The van der Waals surface area contributed by atoms with Crippen LogP contribution in [0.1, 0.15) is 24.8 Å². The maximum Gasteiger partial charge on any atom is 0.214 e. The van der Waals surface area contributed by atoms with Crippen LogP contribution < -0.4 is 16.4 Å². The summed E-state index contributed by atoms with van der Waals surface area (Å²) < 4.78 is 29.7. The van der Waals surface area contributed by atoms with E-state index in [0.29, 0.717) is 23.0 Å². The van der Waals surface area contributed by atoms with Crippen molar-refractivity contribution in [1.82, 2.24) is 24.7 Å². The van der Waals surface area contributed by atoms with E-state index in [4.69, 9.17) is 11.5 Å². The molecule has 0 bridgehead atoms. The average Bonchev–Trinajstić information content (AvgIpc) is 3.10. The highest BCUT2D eigenvalue weighted by Gasteiger charge is 2.29. The Balaban J connectivity index is 1.62. The van der Waals surface area contributed by atoms with Crippen LogP contribution in [0.5, 0.6) is 0 Å². The molecule has 0 radical (unpaired) electrons. The fraction of sp³-hybridized carbons (Fsp3) is 0.227. The number of nitrogens with zero attached hydrogens (tertiary/aromatic N) is 6. The van der Waals surface area contributed by atoms with Gasteiger partial charge in [-0.2, -0.15) is 5.10 Å². The summed E-state index contributed by atoms with van der Waals surface area (Å²) in [6.45, 7) is 0.0610. The molecule has 33 heavy (non-hydrogen) atoms. The Kier molecular flexibility index (Phi) is 5.08.